The molecule has 0 aromatic carbocycles. The summed E-state index contributed by atoms with van der Waals surface area (Å²) < 4.78 is 39.4. The maximum absolute atomic E-state index is 12.9. The minimum atomic E-state index is -4.85. The minimum absolute atomic E-state index is 0.264. The standard InChI is InChI=1S/C10H12F3NO2/c1-6-4-5-7(2)14(6)9(3,8(15)16)10(11,12)13/h4-5H,1-3H3,(H,15,16). The molecule has 1 rings (SSSR count). The molecule has 6 heteroatoms. The number of halogens is 3. The van der Waals surface area contributed by atoms with Crippen LogP contribution in [0.5, 0.6) is 0 Å². The second-order valence-electron chi connectivity index (χ2n) is 3.83. The second-order valence-corrected chi connectivity index (χ2v) is 3.83. The number of alkyl halides is 3. The molecule has 1 N–H and O–H groups in total. The molecule has 0 saturated carbocycles. The molecule has 1 heterocycles. The molecule has 0 spiro atoms. The van der Waals surface area contributed by atoms with Crippen molar-refractivity contribution < 1.29 is 23.1 Å². The van der Waals surface area contributed by atoms with Gasteiger partial charge in [0.2, 0.25) is 5.54 Å². The Labute approximate surface area is 90.5 Å². The molecule has 0 aliphatic carbocycles. The number of hydrogen-bond acceptors (Lipinski definition) is 1. The first-order valence-corrected chi connectivity index (χ1v) is 4.58. The van der Waals surface area contributed by atoms with E-state index in [-0.39, 0.29) is 11.4 Å². The number of nitrogens with zero attached hydrogens (tertiary/aromatic N) is 1. The summed E-state index contributed by atoms with van der Waals surface area (Å²) in [4.78, 5) is 10.9. The van der Waals surface area contributed by atoms with Crippen molar-refractivity contribution in [1.29, 1.82) is 0 Å². The summed E-state index contributed by atoms with van der Waals surface area (Å²) in [6.45, 7) is 3.55. The summed E-state index contributed by atoms with van der Waals surface area (Å²) >= 11 is 0. The fourth-order valence-corrected chi connectivity index (χ4v) is 1.72. The zero-order chi connectivity index (χ0) is 12.7. The zero-order valence-corrected chi connectivity index (χ0v) is 9.09. The minimum Gasteiger partial charge on any atom is -0.479 e. The van der Waals surface area contributed by atoms with Crippen LogP contribution in [0.15, 0.2) is 12.1 Å². The van der Waals surface area contributed by atoms with E-state index in [0.29, 0.717) is 6.92 Å². The highest BCUT2D eigenvalue weighted by Gasteiger charge is 2.59. The number of aromatic nitrogens is 1. The van der Waals surface area contributed by atoms with Crippen LogP contribution in [0.3, 0.4) is 0 Å². The average Bonchev–Trinajstić information content (AvgIpc) is 2.43. The largest absolute Gasteiger partial charge is 0.479 e. The Hall–Kier alpha value is -1.46. The number of hydrogen-bond donors (Lipinski definition) is 1. The summed E-state index contributed by atoms with van der Waals surface area (Å²) in [5.41, 5.74) is -2.40. The van der Waals surface area contributed by atoms with Gasteiger partial charge in [0.15, 0.2) is 0 Å². The van der Waals surface area contributed by atoms with Gasteiger partial charge < -0.3 is 9.67 Å². The summed E-state index contributed by atoms with van der Waals surface area (Å²) in [6, 6.07) is 2.92. The quantitative estimate of drug-likeness (QED) is 0.855. The van der Waals surface area contributed by atoms with Gasteiger partial charge in [-0.2, -0.15) is 13.2 Å². The highest BCUT2D eigenvalue weighted by Crippen LogP contribution is 2.38. The molecule has 0 saturated heterocycles. The van der Waals surface area contributed by atoms with Gasteiger partial charge in [-0.05, 0) is 32.9 Å². The van der Waals surface area contributed by atoms with E-state index in [4.69, 9.17) is 5.11 Å². The molecule has 1 unspecified atom stereocenters. The van der Waals surface area contributed by atoms with Gasteiger partial charge in [-0.3, -0.25) is 0 Å². The maximum atomic E-state index is 12.9. The van der Waals surface area contributed by atoms with Gasteiger partial charge in [-0.1, -0.05) is 0 Å². The lowest BCUT2D eigenvalue weighted by molar-refractivity contribution is -0.220. The summed E-state index contributed by atoms with van der Waals surface area (Å²) in [6.07, 6.45) is -4.85. The molecule has 16 heavy (non-hydrogen) atoms. The Balaban J connectivity index is 3.52. The van der Waals surface area contributed by atoms with Crippen molar-refractivity contribution in [2.75, 3.05) is 0 Å². The summed E-state index contributed by atoms with van der Waals surface area (Å²) in [7, 11) is 0. The van der Waals surface area contributed by atoms with Crippen molar-refractivity contribution in [3.63, 3.8) is 0 Å². The Morgan fingerprint density at radius 2 is 1.62 bits per heavy atom. The number of aliphatic carboxylic acids is 1. The lowest BCUT2D eigenvalue weighted by Gasteiger charge is -2.31. The molecule has 0 amide bonds. The van der Waals surface area contributed by atoms with Crippen molar-refractivity contribution in [2.45, 2.75) is 32.5 Å². The molecule has 1 aromatic heterocycles. The van der Waals surface area contributed by atoms with E-state index < -0.39 is 17.7 Å². The SMILES string of the molecule is Cc1ccc(C)n1C(C)(C(=O)O)C(F)(F)F. The van der Waals surface area contributed by atoms with E-state index in [2.05, 4.69) is 0 Å². The first-order valence-electron chi connectivity index (χ1n) is 4.58. The first-order chi connectivity index (χ1) is 7.12. The van der Waals surface area contributed by atoms with Gasteiger partial charge >= 0.3 is 12.1 Å². The van der Waals surface area contributed by atoms with Gasteiger partial charge in [0, 0.05) is 11.4 Å². The Morgan fingerprint density at radius 1 is 1.25 bits per heavy atom. The van der Waals surface area contributed by atoms with E-state index in [1.165, 1.54) is 26.0 Å². The van der Waals surface area contributed by atoms with Crippen LogP contribution < -0.4 is 0 Å². The van der Waals surface area contributed by atoms with Crippen LogP contribution in [0.4, 0.5) is 13.2 Å². The first kappa shape index (κ1) is 12.6. The molecule has 0 aliphatic heterocycles. The molecule has 3 nitrogen and oxygen atoms in total. The van der Waals surface area contributed by atoms with Crippen LogP contribution in [-0.4, -0.2) is 21.8 Å². The predicted molar refractivity (Wildman–Crippen MR) is 51.2 cm³/mol. The predicted octanol–water partition coefficient (Wildman–Crippen LogP) is 2.47. The Bertz CT molecular complexity index is 403. The van der Waals surface area contributed by atoms with E-state index in [0.717, 1.165) is 4.57 Å². The number of rotatable bonds is 2. The van der Waals surface area contributed by atoms with Crippen molar-refractivity contribution in [2.24, 2.45) is 0 Å². The Kier molecular flexibility index (Phi) is 2.79. The third-order valence-electron chi connectivity index (χ3n) is 2.69. The van der Waals surface area contributed by atoms with Crippen LogP contribution >= 0.6 is 0 Å². The van der Waals surface area contributed by atoms with E-state index in [1.54, 1.807) is 0 Å². The van der Waals surface area contributed by atoms with Gasteiger partial charge in [0.25, 0.3) is 0 Å². The topological polar surface area (TPSA) is 42.2 Å². The van der Waals surface area contributed by atoms with Gasteiger partial charge in [-0.25, -0.2) is 4.79 Å². The van der Waals surface area contributed by atoms with E-state index >= 15 is 0 Å². The van der Waals surface area contributed by atoms with Crippen LogP contribution in [-0.2, 0) is 10.3 Å². The second kappa shape index (κ2) is 3.54. The van der Waals surface area contributed by atoms with Gasteiger partial charge in [0.05, 0.1) is 0 Å². The van der Waals surface area contributed by atoms with Crippen LogP contribution in [0.2, 0.25) is 0 Å². The Morgan fingerprint density at radius 3 is 1.88 bits per heavy atom. The van der Waals surface area contributed by atoms with Crippen LogP contribution in [0, 0.1) is 13.8 Å². The van der Waals surface area contributed by atoms with E-state index in [1.807, 2.05) is 0 Å². The fourth-order valence-electron chi connectivity index (χ4n) is 1.72. The van der Waals surface area contributed by atoms with Crippen molar-refractivity contribution in [3.8, 4) is 0 Å². The zero-order valence-electron chi connectivity index (χ0n) is 9.09. The fraction of sp³-hybridized carbons (Fsp3) is 0.500. The van der Waals surface area contributed by atoms with Gasteiger partial charge in [-0.15, -0.1) is 0 Å². The number of carboxylic acids is 1. The third-order valence-corrected chi connectivity index (χ3v) is 2.69. The lowest BCUT2D eigenvalue weighted by Crippen LogP contribution is -2.52. The third kappa shape index (κ3) is 1.58. The highest BCUT2D eigenvalue weighted by atomic mass is 19.4. The number of aryl methyl sites for hydroxylation is 2. The maximum Gasteiger partial charge on any atom is 0.422 e. The summed E-state index contributed by atoms with van der Waals surface area (Å²) in [5, 5.41) is 8.85. The molecule has 0 aliphatic rings. The van der Waals surface area contributed by atoms with E-state index in [9.17, 15) is 18.0 Å². The van der Waals surface area contributed by atoms with Crippen molar-refractivity contribution in [1.82, 2.24) is 4.57 Å². The molecule has 0 bridgehead atoms. The molecular formula is C10H12F3NO2. The van der Waals surface area contributed by atoms with Crippen molar-refractivity contribution >= 4 is 5.97 Å². The molecule has 90 valence electrons. The smallest absolute Gasteiger partial charge is 0.422 e. The molecule has 0 radical (unpaired) electrons. The summed E-state index contributed by atoms with van der Waals surface area (Å²) in [5.74, 6) is -1.91. The molecule has 1 aromatic rings. The van der Waals surface area contributed by atoms with Gasteiger partial charge in [0.1, 0.15) is 0 Å². The average molecular weight is 235 g/mol. The monoisotopic (exact) mass is 235 g/mol. The van der Waals surface area contributed by atoms with Crippen molar-refractivity contribution in [3.05, 3.63) is 23.5 Å². The molecule has 0 fully saturated rings. The molecular weight excluding hydrogens is 223 g/mol. The highest BCUT2D eigenvalue weighted by molar-refractivity contribution is 5.77. The normalized spacial score (nSPS) is 15.9. The van der Waals surface area contributed by atoms with Crippen LogP contribution in [0.25, 0.3) is 0 Å². The number of carbonyl (C=O) groups is 1. The molecule has 1 atom stereocenters. The number of carboxylic acid groups (broad SMARTS) is 1. The lowest BCUT2D eigenvalue weighted by atomic mass is 10.0. The van der Waals surface area contributed by atoms with Crippen LogP contribution in [0.1, 0.15) is 18.3 Å².